The zero-order chi connectivity index (χ0) is 15.2. The van der Waals surface area contributed by atoms with E-state index < -0.39 is 5.92 Å². The minimum Gasteiger partial charge on any atom is -0.497 e. The maximum absolute atomic E-state index is 12.6. The molecule has 0 aliphatic heterocycles. The molecule has 0 radical (unpaired) electrons. The fourth-order valence-corrected chi connectivity index (χ4v) is 1.97. The van der Waals surface area contributed by atoms with Crippen LogP contribution in [0.3, 0.4) is 0 Å². The smallest absolute Gasteiger partial charge is 0.189 e. The lowest BCUT2D eigenvalue weighted by Gasteiger charge is -2.12. The fraction of sp³-hybridized carbons (Fsp3) is 0.188. The highest BCUT2D eigenvalue weighted by Gasteiger charge is 2.26. The normalized spacial score (nSPS) is 11.3. The molecule has 0 aliphatic carbocycles. The van der Waals surface area contributed by atoms with Gasteiger partial charge in [-0.05, 0) is 30.3 Å². The van der Waals surface area contributed by atoms with E-state index in [0.29, 0.717) is 22.8 Å². The van der Waals surface area contributed by atoms with Crippen molar-refractivity contribution in [2.75, 3.05) is 14.2 Å². The van der Waals surface area contributed by atoms with Crippen LogP contribution in [0.1, 0.15) is 22.0 Å². The molecule has 1 heterocycles. The minimum atomic E-state index is -0.979. The third-order valence-electron chi connectivity index (χ3n) is 3.05. The molecular weight excluding hydrogens is 268 g/mol. The Morgan fingerprint density at radius 3 is 2.62 bits per heavy atom. The number of nitrogens with zero attached hydrogens (tertiary/aromatic N) is 2. The van der Waals surface area contributed by atoms with Crippen LogP contribution in [0.25, 0.3) is 0 Å². The SMILES string of the molecule is COc1ccc(OC)c(C(=O)C(C#N)c2ccccn2)c1. The van der Waals surface area contributed by atoms with E-state index in [1.165, 1.54) is 14.2 Å². The number of ether oxygens (including phenoxy) is 2. The lowest BCUT2D eigenvalue weighted by molar-refractivity contribution is 0.0974. The van der Waals surface area contributed by atoms with Gasteiger partial charge in [0.1, 0.15) is 11.5 Å². The number of benzene rings is 1. The Morgan fingerprint density at radius 2 is 2.05 bits per heavy atom. The van der Waals surface area contributed by atoms with Gasteiger partial charge in [-0.1, -0.05) is 6.07 Å². The molecule has 0 spiro atoms. The molecule has 1 aromatic heterocycles. The lowest BCUT2D eigenvalue weighted by Crippen LogP contribution is -2.13. The fourth-order valence-electron chi connectivity index (χ4n) is 1.97. The van der Waals surface area contributed by atoms with E-state index in [-0.39, 0.29) is 5.78 Å². The van der Waals surface area contributed by atoms with Crippen LogP contribution in [0.2, 0.25) is 0 Å². The maximum Gasteiger partial charge on any atom is 0.189 e. The van der Waals surface area contributed by atoms with Gasteiger partial charge in [0.15, 0.2) is 11.7 Å². The molecule has 5 nitrogen and oxygen atoms in total. The van der Waals surface area contributed by atoms with Crippen molar-refractivity contribution in [3.63, 3.8) is 0 Å². The van der Waals surface area contributed by atoms with Crippen molar-refractivity contribution < 1.29 is 14.3 Å². The van der Waals surface area contributed by atoms with Crippen LogP contribution >= 0.6 is 0 Å². The molecule has 1 atom stereocenters. The van der Waals surface area contributed by atoms with E-state index in [2.05, 4.69) is 4.98 Å². The number of carbonyl (C=O) groups excluding carboxylic acids is 1. The van der Waals surface area contributed by atoms with Gasteiger partial charge in [0.2, 0.25) is 0 Å². The van der Waals surface area contributed by atoms with Crippen molar-refractivity contribution >= 4 is 5.78 Å². The minimum absolute atomic E-state index is 0.300. The Morgan fingerprint density at radius 1 is 1.24 bits per heavy atom. The Labute approximate surface area is 122 Å². The third kappa shape index (κ3) is 3.00. The predicted molar refractivity (Wildman–Crippen MR) is 76.5 cm³/mol. The predicted octanol–water partition coefficient (Wildman–Crippen LogP) is 2.59. The second-order valence-corrected chi connectivity index (χ2v) is 4.25. The Hall–Kier alpha value is -2.87. The van der Waals surface area contributed by atoms with Gasteiger partial charge in [-0.3, -0.25) is 9.78 Å². The molecular formula is C16H14N2O3. The molecule has 1 aromatic carbocycles. The Balaban J connectivity index is 2.45. The first-order valence-electron chi connectivity index (χ1n) is 6.28. The van der Waals surface area contributed by atoms with Gasteiger partial charge in [0.25, 0.3) is 0 Å². The maximum atomic E-state index is 12.6. The summed E-state index contributed by atoms with van der Waals surface area (Å²) in [5.41, 5.74) is 0.712. The van der Waals surface area contributed by atoms with Crippen LogP contribution in [0.4, 0.5) is 0 Å². The number of pyridine rings is 1. The molecule has 1 unspecified atom stereocenters. The van der Waals surface area contributed by atoms with Crippen molar-refractivity contribution in [2.45, 2.75) is 5.92 Å². The summed E-state index contributed by atoms with van der Waals surface area (Å²) < 4.78 is 10.3. The number of ketones is 1. The molecule has 5 heteroatoms. The zero-order valence-corrected chi connectivity index (χ0v) is 11.7. The van der Waals surface area contributed by atoms with Gasteiger partial charge in [0, 0.05) is 6.20 Å². The highest BCUT2D eigenvalue weighted by molar-refractivity contribution is 6.04. The summed E-state index contributed by atoms with van der Waals surface area (Å²) in [5, 5.41) is 9.32. The lowest BCUT2D eigenvalue weighted by atomic mass is 9.94. The molecule has 0 saturated carbocycles. The number of rotatable bonds is 5. The number of hydrogen-bond donors (Lipinski definition) is 0. The first-order valence-corrected chi connectivity index (χ1v) is 6.28. The first kappa shape index (κ1) is 14.5. The van der Waals surface area contributed by atoms with Crippen molar-refractivity contribution in [1.82, 2.24) is 4.98 Å². The van der Waals surface area contributed by atoms with E-state index in [1.54, 1.807) is 42.6 Å². The molecule has 0 bridgehead atoms. The number of methoxy groups -OCH3 is 2. The summed E-state index contributed by atoms with van der Waals surface area (Å²) in [6, 6.07) is 12.0. The summed E-state index contributed by atoms with van der Waals surface area (Å²) >= 11 is 0. The van der Waals surface area contributed by atoms with Crippen molar-refractivity contribution in [3.8, 4) is 17.6 Å². The van der Waals surface area contributed by atoms with Crippen molar-refractivity contribution in [3.05, 3.63) is 53.9 Å². The third-order valence-corrected chi connectivity index (χ3v) is 3.05. The Bertz CT molecular complexity index is 678. The van der Waals surface area contributed by atoms with Gasteiger partial charge in [0.05, 0.1) is 31.5 Å². The van der Waals surface area contributed by atoms with E-state index in [1.807, 2.05) is 6.07 Å². The van der Waals surface area contributed by atoms with E-state index in [9.17, 15) is 10.1 Å². The molecule has 0 aliphatic rings. The second kappa shape index (κ2) is 6.53. The van der Waals surface area contributed by atoms with Gasteiger partial charge in [-0.15, -0.1) is 0 Å². The van der Waals surface area contributed by atoms with Crippen LogP contribution in [-0.4, -0.2) is 25.0 Å². The number of carbonyl (C=O) groups is 1. The second-order valence-electron chi connectivity index (χ2n) is 4.25. The van der Waals surface area contributed by atoms with Gasteiger partial charge in [-0.25, -0.2) is 0 Å². The molecule has 0 saturated heterocycles. The standard InChI is InChI=1S/C16H14N2O3/c1-20-11-6-7-15(21-2)12(9-11)16(19)13(10-17)14-5-3-4-8-18-14/h3-9,13H,1-2H3. The summed E-state index contributed by atoms with van der Waals surface area (Å²) in [6.45, 7) is 0. The summed E-state index contributed by atoms with van der Waals surface area (Å²) in [4.78, 5) is 16.7. The molecule has 2 aromatic rings. The average molecular weight is 282 g/mol. The van der Waals surface area contributed by atoms with Crippen LogP contribution in [0.15, 0.2) is 42.6 Å². The monoisotopic (exact) mass is 282 g/mol. The largest absolute Gasteiger partial charge is 0.497 e. The zero-order valence-electron chi connectivity index (χ0n) is 11.7. The molecule has 0 amide bonds. The van der Waals surface area contributed by atoms with Gasteiger partial charge < -0.3 is 9.47 Å². The highest BCUT2D eigenvalue weighted by Crippen LogP contribution is 2.29. The Kier molecular flexibility index (Phi) is 4.52. The number of nitriles is 1. The van der Waals surface area contributed by atoms with E-state index >= 15 is 0 Å². The van der Waals surface area contributed by atoms with E-state index in [0.717, 1.165) is 0 Å². The summed E-state index contributed by atoms with van der Waals surface area (Å²) in [5.74, 6) is -0.423. The molecule has 21 heavy (non-hydrogen) atoms. The summed E-state index contributed by atoms with van der Waals surface area (Å²) in [7, 11) is 2.98. The van der Waals surface area contributed by atoms with Crippen LogP contribution < -0.4 is 9.47 Å². The number of aromatic nitrogens is 1. The number of Topliss-reactive ketones (excluding diaryl/α,β-unsaturated/α-hetero) is 1. The topological polar surface area (TPSA) is 72.2 Å². The first-order chi connectivity index (χ1) is 10.2. The molecule has 0 fully saturated rings. The molecule has 106 valence electrons. The van der Waals surface area contributed by atoms with Crippen LogP contribution in [0.5, 0.6) is 11.5 Å². The quantitative estimate of drug-likeness (QED) is 0.788. The van der Waals surface area contributed by atoms with Crippen molar-refractivity contribution in [2.24, 2.45) is 0 Å². The van der Waals surface area contributed by atoms with E-state index in [4.69, 9.17) is 9.47 Å². The van der Waals surface area contributed by atoms with Gasteiger partial charge >= 0.3 is 0 Å². The summed E-state index contributed by atoms with van der Waals surface area (Å²) in [6.07, 6.45) is 1.55. The van der Waals surface area contributed by atoms with Gasteiger partial charge in [-0.2, -0.15) is 5.26 Å². The van der Waals surface area contributed by atoms with Crippen LogP contribution in [0, 0.1) is 11.3 Å². The molecule has 2 rings (SSSR count). The molecule has 0 N–H and O–H groups in total. The highest BCUT2D eigenvalue weighted by atomic mass is 16.5. The average Bonchev–Trinajstić information content (AvgIpc) is 2.55. The van der Waals surface area contributed by atoms with Crippen molar-refractivity contribution in [1.29, 1.82) is 5.26 Å². The number of hydrogen-bond acceptors (Lipinski definition) is 5. The van der Waals surface area contributed by atoms with Crippen LogP contribution in [-0.2, 0) is 0 Å².